The van der Waals surface area contributed by atoms with E-state index in [9.17, 15) is 4.79 Å². The topological polar surface area (TPSA) is 17.1 Å². The molecule has 0 spiro atoms. The van der Waals surface area contributed by atoms with Gasteiger partial charge in [0.25, 0.3) is 0 Å². The van der Waals surface area contributed by atoms with E-state index in [-0.39, 0.29) is 11.7 Å². The third-order valence-corrected chi connectivity index (χ3v) is 2.23. The number of Topliss-reactive ketones (excluding diaryl/α,β-unsaturated/α-hetero) is 1. The smallest absolute Gasteiger partial charge is 0.166 e. The molecule has 1 aromatic rings. The molecular weight excluding hydrogens is 184 g/mol. The largest absolute Gasteiger partial charge is 0.294 e. The standard InChI is InChI=1S/C11H13ClO/c1-7(2)11(13)9-5-4-8(3)6-10(9)12/h4-7H,1-3H3. The molecule has 0 bridgehead atoms. The number of carbonyl (C=O) groups is 1. The van der Waals surface area contributed by atoms with Gasteiger partial charge in [-0.15, -0.1) is 0 Å². The summed E-state index contributed by atoms with van der Waals surface area (Å²) in [6.07, 6.45) is 0. The zero-order valence-electron chi connectivity index (χ0n) is 8.10. The van der Waals surface area contributed by atoms with Gasteiger partial charge in [-0.05, 0) is 24.6 Å². The fourth-order valence-corrected chi connectivity index (χ4v) is 1.46. The van der Waals surface area contributed by atoms with Gasteiger partial charge in [0, 0.05) is 11.5 Å². The second-order valence-electron chi connectivity index (χ2n) is 3.50. The first kappa shape index (κ1) is 10.3. The Hall–Kier alpha value is -0.820. The Balaban J connectivity index is 3.09. The first-order chi connectivity index (χ1) is 6.02. The summed E-state index contributed by atoms with van der Waals surface area (Å²) in [6.45, 7) is 5.70. The molecule has 0 heterocycles. The molecule has 13 heavy (non-hydrogen) atoms. The summed E-state index contributed by atoms with van der Waals surface area (Å²) < 4.78 is 0. The van der Waals surface area contributed by atoms with E-state index in [4.69, 9.17) is 11.6 Å². The van der Waals surface area contributed by atoms with Crippen LogP contribution < -0.4 is 0 Å². The van der Waals surface area contributed by atoms with Crippen LogP contribution in [-0.2, 0) is 0 Å². The fraction of sp³-hybridized carbons (Fsp3) is 0.364. The summed E-state index contributed by atoms with van der Waals surface area (Å²) in [6, 6.07) is 5.51. The van der Waals surface area contributed by atoms with Gasteiger partial charge in [-0.3, -0.25) is 4.79 Å². The monoisotopic (exact) mass is 196 g/mol. The predicted octanol–water partition coefficient (Wildman–Crippen LogP) is 3.49. The lowest BCUT2D eigenvalue weighted by Crippen LogP contribution is -2.07. The maximum absolute atomic E-state index is 11.6. The lowest BCUT2D eigenvalue weighted by Gasteiger charge is -2.06. The molecule has 0 amide bonds. The molecule has 0 radical (unpaired) electrons. The van der Waals surface area contributed by atoms with Gasteiger partial charge < -0.3 is 0 Å². The van der Waals surface area contributed by atoms with Gasteiger partial charge in [0.05, 0.1) is 5.02 Å². The third kappa shape index (κ3) is 2.31. The van der Waals surface area contributed by atoms with Gasteiger partial charge in [-0.25, -0.2) is 0 Å². The van der Waals surface area contributed by atoms with Crippen molar-refractivity contribution in [2.24, 2.45) is 5.92 Å². The molecular formula is C11H13ClO. The Bertz CT molecular complexity index is 329. The number of aryl methyl sites for hydroxylation is 1. The average Bonchev–Trinajstić information content (AvgIpc) is 2.03. The van der Waals surface area contributed by atoms with Crippen molar-refractivity contribution in [3.05, 3.63) is 34.3 Å². The van der Waals surface area contributed by atoms with E-state index in [2.05, 4.69) is 0 Å². The molecule has 0 unspecified atom stereocenters. The molecule has 1 rings (SSSR count). The van der Waals surface area contributed by atoms with Crippen molar-refractivity contribution in [3.63, 3.8) is 0 Å². The zero-order valence-corrected chi connectivity index (χ0v) is 8.85. The lowest BCUT2D eigenvalue weighted by atomic mass is 10.0. The molecule has 0 atom stereocenters. The summed E-state index contributed by atoms with van der Waals surface area (Å²) in [7, 11) is 0. The maximum atomic E-state index is 11.6. The number of hydrogen-bond donors (Lipinski definition) is 0. The highest BCUT2D eigenvalue weighted by Gasteiger charge is 2.13. The zero-order chi connectivity index (χ0) is 10.0. The van der Waals surface area contributed by atoms with Gasteiger partial charge >= 0.3 is 0 Å². The lowest BCUT2D eigenvalue weighted by molar-refractivity contribution is 0.0939. The molecule has 0 saturated heterocycles. The maximum Gasteiger partial charge on any atom is 0.166 e. The van der Waals surface area contributed by atoms with E-state index in [1.165, 1.54) is 0 Å². The first-order valence-electron chi connectivity index (χ1n) is 4.32. The average molecular weight is 197 g/mol. The molecule has 70 valence electrons. The SMILES string of the molecule is Cc1ccc(C(=O)C(C)C)c(Cl)c1. The number of hydrogen-bond acceptors (Lipinski definition) is 1. The van der Waals surface area contributed by atoms with Crippen molar-refractivity contribution in [1.29, 1.82) is 0 Å². The van der Waals surface area contributed by atoms with Crippen molar-refractivity contribution >= 4 is 17.4 Å². The Labute approximate surface area is 83.7 Å². The molecule has 2 heteroatoms. The second kappa shape index (κ2) is 3.93. The van der Waals surface area contributed by atoms with Gasteiger partial charge in [0.2, 0.25) is 0 Å². The van der Waals surface area contributed by atoms with Crippen LogP contribution in [-0.4, -0.2) is 5.78 Å². The highest BCUT2D eigenvalue weighted by Crippen LogP contribution is 2.20. The van der Waals surface area contributed by atoms with Crippen molar-refractivity contribution in [1.82, 2.24) is 0 Å². The summed E-state index contributed by atoms with van der Waals surface area (Å²) in [4.78, 5) is 11.6. The van der Waals surface area contributed by atoms with Crippen molar-refractivity contribution < 1.29 is 4.79 Å². The minimum Gasteiger partial charge on any atom is -0.294 e. The van der Waals surface area contributed by atoms with Crippen LogP contribution >= 0.6 is 11.6 Å². The second-order valence-corrected chi connectivity index (χ2v) is 3.91. The molecule has 0 aliphatic rings. The van der Waals surface area contributed by atoms with E-state index in [1.807, 2.05) is 32.9 Å². The van der Waals surface area contributed by atoms with Crippen molar-refractivity contribution in [3.8, 4) is 0 Å². The van der Waals surface area contributed by atoms with E-state index >= 15 is 0 Å². The van der Waals surface area contributed by atoms with Gasteiger partial charge in [-0.2, -0.15) is 0 Å². The van der Waals surface area contributed by atoms with Crippen LogP contribution in [0.5, 0.6) is 0 Å². The summed E-state index contributed by atoms with van der Waals surface area (Å²) in [5.74, 6) is 0.102. The minimum absolute atomic E-state index is 0.000191. The molecule has 0 N–H and O–H groups in total. The predicted molar refractivity (Wildman–Crippen MR) is 55.4 cm³/mol. The van der Waals surface area contributed by atoms with Crippen LogP contribution in [0.15, 0.2) is 18.2 Å². The Morgan fingerprint density at radius 2 is 2.00 bits per heavy atom. The van der Waals surface area contributed by atoms with Gasteiger partial charge in [-0.1, -0.05) is 31.5 Å². The van der Waals surface area contributed by atoms with E-state index in [0.29, 0.717) is 10.6 Å². The van der Waals surface area contributed by atoms with Gasteiger partial charge in [0.15, 0.2) is 5.78 Å². The van der Waals surface area contributed by atoms with Crippen molar-refractivity contribution in [2.45, 2.75) is 20.8 Å². The van der Waals surface area contributed by atoms with Crippen molar-refractivity contribution in [2.75, 3.05) is 0 Å². The first-order valence-corrected chi connectivity index (χ1v) is 4.70. The fourth-order valence-electron chi connectivity index (χ4n) is 1.13. The normalized spacial score (nSPS) is 10.5. The summed E-state index contributed by atoms with van der Waals surface area (Å²) in [5, 5.41) is 0.554. The minimum atomic E-state index is 0.000191. The van der Waals surface area contributed by atoms with Crippen LogP contribution in [0, 0.1) is 12.8 Å². The number of carbonyl (C=O) groups excluding carboxylic acids is 1. The molecule has 0 aliphatic carbocycles. The Morgan fingerprint density at radius 1 is 1.38 bits per heavy atom. The van der Waals surface area contributed by atoms with Crippen LogP contribution in [0.1, 0.15) is 29.8 Å². The molecule has 0 fully saturated rings. The van der Waals surface area contributed by atoms with E-state index < -0.39 is 0 Å². The quantitative estimate of drug-likeness (QED) is 0.662. The molecule has 0 saturated carbocycles. The highest BCUT2D eigenvalue weighted by atomic mass is 35.5. The van der Waals surface area contributed by atoms with Crippen LogP contribution in [0.3, 0.4) is 0 Å². The van der Waals surface area contributed by atoms with Crippen LogP contribution in [0.2, 0.25) is 5.02 Å². The Morgan fingerprint density at radius 3 is 2.46 bits per heavy atom. The number of halogens is 1. The number of rotatable bonds is 2. The van der Waals surface area contributed by atoms with E-state index in [1.54, 1.807) is 6.07 Å². The Kier molecular flexibility index (Phi) is 3.10. The number of benzene rings is 1. The molecule has 1 nitrogen and oxygen atoms in total. The van der Waals surface area contributed by atoms with Crippen LogP contribution in [0.4, 0.5) is 0 Å². The summed E-state index contributed by atoms with van der Waals surface area (Å²) >= 11 is 5.95. The molecule has 1 aromatic carbocycles. The summed E-state index contributed by atoms with van der Waals surface area (Å²) in [5.41, 5.74) is 1.70. The number of ketones is 1. The third-order valence-electron chi connectivity index (χ3n) is 1.91. The van der Waals surface area contributed by atoms with E-state index in [0.717, 1.165) is 5.56 Å². The van der Waals surface area contributed by atoms with Crippen LogP contribution in [0.25, 0.3) is 0 Å². The highest BCUT2D eigenvalue weighted by molar-refractivity contribution is 6.34. The van der Waals surface area contributed by atoms with Gasteiger partial charge in [0.1, 0.15) is 0 Å². The molecule has 0 aromatic heterocycles. The molecule has 0 aliphatic heterocycles.